The van der Waals surface area contributed by atoms with Crippen LogP contribution in [0.2, 0.25) is 0 Å². The van der Waals surface area contributed by atoms with Crippen LogP contribution < -0.4 is 0 Å². The van der Waals surface area contributed by atoms with Crippen molar-refractivity contribution in [2.75, 3.05) is 7.05 Å². The van der Waals surface area contributed by atoms with Crippen LogP contribution in [0.3, 0.4) is 0 Å². The predicted molar refractivity (Wildman–Crippen MR) is 74.0 cm³/mol. The van der Waals surface area contributed by atoms with Crippen molar-refractivity contribution in [2.24, 2.45) is 11.8 Å². The fourth-order valence-electron chi connectivity index (χ4n) is 2.75. The molecule has 96 valence electrons. The average Bonchev–Trinajstić information content (AvgIpc) is 2.57. The molecule has 2 rings (SSSR count). The summed E-state index contributed by atoms with van der Waals surface area (Å²) >= 11 is 0. The van der Waals surface area contributed by atoms with Gasteiger partial charge in [0, 0.05) is 24.6 Å². The van der Waals surface area contributed by atoms with Gasteiger partial charge in [-0.05, 0) is 17.9 Å². The third-order valence-corrected chi connectivity index (χ3v) is 4.18. The lowest BCUT2D eigenvalue weighted by Gasteiger charge is -2.18. The Kier molecular flexibility index (Phi) is 3.55. The number of allylic oxidation sites excluding steroid dienone is 1. The number of carbonyl (C=O) groups is 1. The molecule has 0 aliphatic carbocycles. The Balaban J connectivity index is 2.11. The fraction of sp³-hybridized carbons (Fsp3) is 0.438. The molecule has 0 radical (unpaired) electrons. The van der Waals surface area contributed by atoms with Gasteiger partial charge in [0.1, 0.15) is 0 Å². The van der Waals surface area contributed by atoms with E-state index in [9.17, 15) is 4.79 Å². The van der Waals surface area contributed by atoms with Crippen LogP contribution in [-0.4, -0.2) is 17.9 Å². The lowest BCUT2D eigenvalue weighted by atomic mass is 9.84. The summed E-state index contributed by atoms with van der Waals surface area (Å²) in [4.78, 5) is 13.9. The molecule has 2 nitrogen and oxygen atoms in total. The lowest BCUT2D eigenvalue weighted by molar-refractivity contribution is -0.129. The highest BCUT2D eigenvalue weighted by Gasteiger charge is 2.39. The number of benzene rings is 1. The lowest BCUT2D eigenvalue weighted by Crippen LogP contribution is -2.23. The van der Waals surface area contributed by atoms with E-state index in [1.54, 1.807) is 4.90 Å². The smallest absolute Gasteiger partial charge is 0.230 e. The second kappa shape index (κ2) is 4.97. The zero-order valence-corrected chi connectivity index (χ0v) is 11.4. The first-order chi connectivity index (χ1) is 8.52. The quantitative estimate of drug-likeness (QED) is 0.796. The molecular formula is C16H21NO. The van der Waals surface area contributed by atoms with Crippen molar-refractivity contribution < 1.29 is 4.79 Å². The normalized spacial score (nSPS) is 25.6. The fourth-order valence-corrected chi connectivity index (χ4v) is 2.75. The van der Waals surface area contributed by atoms with E-state index in [1.165, 1.54) is 5.56 Å². The maximum atomic E-state index is 12.2. The Bertz CT molecular complexity index is 451. The second-order valence-electron chi connectivity index (χ2n) is 5.33. The molecule has 1 aliphatic rings. The third kappa shape index (κ3) is 2.20. The van der Waals surface area contributed by atoms with Crippen LogP contribution in [0.5, 0.6) is 0 Å². The summed E-state index contributed by atoms with van der Waals surface area (Å²) < 4.78 is 0. The summed E-state index contributed by atoms with van der Waals surface area (Å²) in [5.41, 5.74) is 2.25. The number of likely N-dealkylation sites (tertiary alicyclic amines) is 1. The predicted octanol–water partition coefficient (Wildman–Crippen LogP) is 3.42. The Hall–Kier alpha value is -1.57. The van der Waals surface area contributed by atoms with Crippen LogP contribution >= 0.6 is 0 Å². The molecule has 1 amide bonds. The van der Waals surface area contributed by atoms with Crippen LogP contribution in [0.4, 0.5) is 0 Å². The van der Waals surface area contributed by atoms with E-state index < -0.39 is 0 Å². The molecule has 0 N–H and O–H groups in total. The third-order valence-electron chi connectivity index (χ3n) is 4.18. The van der Waals surface area contributed by atoms with Crippen molar-refractivity contribution in [2.45, 2.75) is 26.2 Å². The van der Waals surface area contributed by atoms with Gasteiger partial charge in [-0.3, -0.25) is 4.79 Å². The molecule has 3 unspecified atom stereocenters. The highest BCUT2D eigenvalue weighted by molar-refractivity contribution is 5.84. The molecule has 1 heterocycles. The summed E-state index contributed by atoms with van der Waals surface area (Å²) in [5.74, 6) is 0.962. The number of carbonyl (C=O) groups excluding carboxylic acids is 1. The Labute approximate surface area is 109 Å². The topological polar surface area (TPSA) is 20.3 Å². The molecule has 0 aromatic heterocycles. The van der Waals surface area contributed by atoms with E-state index in [1.807, 2.05) is 13.1 Å². The van der Waals surface area contributed by atoms with E-state index in [4.69, 9.17) is 0 Å². The zero-order valence-electron chi connectivity index (χ0n) is 11.4. The number of rotatable bonds is 3. The molecule has 3 atom stereocenters. The Morgan fingerprint density at radius 1 is 1.33 bits per heavy atom. The van der Waals surface area contributed by atoms with E-state index in [-0.39, 0.29) is 17.7 Å². The molecule has 0 spiro atoms. The standard InChI is InChI=1S/C16H21NO/c1-11(14-8-6-5-7-9-14)10-15-12(2)13(3)17(4)16(15)18/h5-9,11-12,15H,3,10H2,1-2,4H3. The summed E-state index contributed by atoms with van der Waals surface area (Å²) in [6.45, 7) is 8.30. The molecule has 0 saturated carbocycles. The van der Waals surface area contributed by atoms with Crippen molar-refractivity contribution in [3.8, 4) is 0 Å². The first kappa shape index (κ1) is 12.9. The Morgan fingerprint density at radius 2 is 1.94 bits per heavy atom. The molecule has 18 heavy (non-hydrogen) atoms. The van der Waals surface area contributed by atoms with E-state index in [0.717, 1.165) is 12.1 Å². The van der Waals surface area contributed by atoms with Gasteiger partial charge < -0.3 is 4.90 Å². The molecule has 2 heteroatoms. The first-order valence-electron chi connectivity index (χ1n) is 6.53. The van der Waals surface area contributed by atoms with Gasteiger partial charge in [0.15, 0.2) is 0 Å². The minimum absolute atomic E-state index is 0.0812. The molecule has 1 aliphatic heterocycles. The van der Waals surface area contributed by atoms with Crippen molar-refractivity contribution in [1.82, 2.24) is 4.90 Å². The monoisotopic (exact) mass is 243 g/mol. The van der Waals surface area contributed by atoms with Crippen LogP contribution in [0, 0.1) is 11.8 Å². The maximum absolute atomic E-state index is 12.2. The Morgan fingerprint density at radius 3 is 2.44 bits per heavy atom. The van der Waals surface area contributed by atoms with Crippen LogP contribution in [0.15, 0.2) is 42.6 Å². The summed E-state index contributed by atoms with van der Waals surface area (Å²) in [6.07, 6.45) is 0.896. The molecule has 1 aromatic carbocycles. The van der Waals surface area contributed by atoms with Crippen molar-refractivity contribution in [1.29, 1.82) is 0 Å². The van der Waals surface area contributed by atoms with Crippen molar-refractivity contribution in [3.63, 3.8) is 0 Å². The van der Waals surface area contributed by atoms with Crippen LogP contribution in [-0.2, 0) is 4.79 Å². The van der Waals surface area contributed by atoms with Gasteiger partial charge in [-0.25, -0.2) is 0 Å². The zero-order chi connectivity index (χ0) is 13.3. The highest BCUT2D eigenvalue weighted by Crippen LogP contribution is 2.37. The maximum Gasteiger partial charge on any atom is 0.230 e. The van der Waals surface area contributed by atoms with Crippen molar-refractivity contribution in [3.05, 3.63) is 48.2 Å². The van der Waals surface area contributed by atoms with Gasteiger partial charge in [-0.2, -0.15) is 0 Å². The van der Waals surface area contributed by atoms with Crippen molar-refractivity contribution >= 4 is 5.91 Å². The van der Waals surface area contributed by atoms with E-state index >= 15 is 0 Å². The molecule has 1 saturated heterocycles. The molecule has 1 fully saturated rings. The van der Waals surface area contributed by atoms with Crippen LogP contribution in [0.25, 0.3) is 0 Å². The van der Waals surface area contributed by atoms with Gasteiger partial charge in [0.2, 0.25) is 5.91 Å². The van der Waals surface area contributed by atoms with E-state index in [2.05, 4.69) is 44.7 Å². The minimum atomic E-state index is 0.0812. The largest absolute Gasteiger partial charge is 0.319 e. The van der Waals surface area contributed by atoms with E-state index in [0.29, 0.717) is 5.92 Å². The number of nitrogens with zero attached hydrogens (tertiary/aromatic N) is 1. The minimum Gasteiger partial charge on any atom is -0.319 e. The van der Waals surface area contributed by atoms with Gasteiger partial charge in [-0.15, -0.1) is 0 Å². The van der Waals surface area contributed by atoms with Gasteiger partial charge in [0.25, 0.3) is 0 Å². The average molecular weight is 243 g/mol. The van der Waals surface area contributed by atoms with Crippen LogP contribution in [0.1, 0.15) is 31.7 Å². The molecule has 1 aromatic rings. The number of hydrogen-bond acceptors (Lipinski definition) is 1. The number of amides is 1. The summed E-state index contributed by atoms with van der Waals surface area (Å²) in [5, 5.41) is 0. The number of hydrogen-bond donors (Lipinski definition) is 0. The highest BCUT2D eigenvalue weighted by atomic mass is 16.2. The summed E-state index contributed by atoms with van der Waals surface area (Å²) in [7, 11) is 1.83. The second-order valence-corrected chi connectivity index (χ2v) is 5.33. The van der Waals surface area contributed by atoms with Gasteiger partial charge in [0.05, 0.1) is 0 Å². The van der Waals surface area contributed by atoms with Gasteiger partial charge >= 0.3 is 0 Å². The first-order valence-corrected chi connectivity index (χ1v) is 6.53. The summed E-state index contributed by atoms with van der Waals surface area (Å²) in [6, 6.07) is 10.4. The molecule has 0 bridgehead atoms. The molecular weight excluding hydrogens is 222 g/mol. The van der Waals surface area contributed by atoms with Gasteiger partial charge in [-0.1, -0.05) is 50.8 Å². The SMILES string of the molecule is C=C1C(C)C(CC(C)c2ccccc2)C(=O)N1C.